The second kappa shape index (κ2) is 8.88. The van der Waals surface area contributed by atoms with E-state index in [2.05, 4.69) is 5.32 Å². The van der Waals surface area contributed by atoms with Gasteiger partial charge < -0.3 is 19.9 Å². The predicted octanol–water partition coefficient (Wildman–Crippen LogP) is 2.79. The molecule has 27 heavy (non-hydrogen) atoms. The molecule has 1 aliphatic heterocycles. The SMILES string of the molecule is Cc1ccccc1NC(=O)CCC(=O)N1CCN(C(=O)OC(C)(C)C)CC1. The van der Waals surface area contributed by atoms with Crippen molar-refractivity contribution in [3.63, 3.8) is 0 Å². The summed E-state index contributed by atoms with van der Waals surface area (Å²) in [5, 5.41) is 2.83. The lowest BCUT2D eigenvalue weighted by atomic mass is 10.2. The number of nitrogens with zero attached hydrogens (tertiary/aromatic N) is 2. The predicted molar refractivity (Wildman–Crippen MR) is 103 cm³/mol. The van der Waals surface area contributed by atoms with Gasteiger partial charge in [0.25, 0.3) is 0 Å². The zero-order valence-corrected chi connectivity index (χ0v) is 16.6. The summed E-state index contributed by atoms with van der Waals surface area (Å²) in [7, 11) is 0. The van der Waals surface area contributed by atoms with Crippen molar-refractivity contribution in [2.75, 3.05) is 31.5 Å². The third-order valence-electron chi connectivity index (χ3n) is 4.27. The first kappa shape index (κ1) is 20.7. The number of nitrogens with one attached hydrogen (secondary N) is 1. The van der Waals surface area contributed by atoms with Crippen LogP contribution in [-0.4, -0.2) is 59.5 Å². The molecule has 1 N–H and O–H groups in total. The van der Waals surface area contributed by atoms with Gasteiger partial charge in [-0.25, -0.2) is 4.79 Å². The minimum atomic E-state index is -0.533. The van der Waals surface area contributed by atoms with E-state index in [0.717, 1.165) is 11.3 Å². The Morgan fingerprint density at radius 3 is 2.19 bits per heavy atom. The van der Waals surface area contributed by atoms with Gasteiger partial charge in [0.2, 0.25) is 11.8 Å². The summed E-state index contributed by atoms with van der Waals surface area (Å²) in [5.74, 6) is -0.246. The Morgan fingerprint density at radius 1 is 1.00 bits per heavy atom. The van der Waals surface area contributed by atoms with Crippen molar-refractivity contribution in [3.05, 3.63) is 29.8 Å². The van der Waals surface area contributed by atoms with Crippen molar-refractivity contribution in [3.8, 4) is 0 Å². The number of anilines is 1. The molecule has 0 spiro atoms. The van der Waals surface area contributed by atoms with E-state index in [4.69, 9.17) is 4.74 Å². The highest BCUT2D eigenvalue weighted by Crippen LogP contribution is 2.15. The highest BCUT2D eigenvalue weighted by molar-refractivity contribution is 5.93. The molecule has 1 aliphatic rings. The summed E-state index contributed by atoms with van der Waals surface area (Å²) < 4.78 is 5.35. The number of piperazine rings is 1. The van der Waals surface area contributed by atoms with Crippen molar-refractivity contribution in [1.29, 1.82) is 0 Å². The Morgan fingerprint density at radius 2 is 1.59 bits per heavy atom. The Labute approximate surface area is 160 Å². The first-order valence-electron chi connectivity index (χ1n) is 9.27. The Hall–Kier alpha value is -2.57. The Kier molecular flexibility index (Phi) is 6.82. The van der Waals surface area contributed by atoms with E-state index in [-0.39, 0.29) is 30.7 Å². The molecular formula is C20H29N3O4. The molecule has 7 heteroatoms. The number of carbonyl (C=O) groups excluding carboxylic acids is 3. The molecule has 0 aromatic heterocycles. The maximum absolute atomic E-state index is 12.3. The lowest BCUT2D eigenvalue weighted by Crippen LogP contribution is -2.51. The number of hydrogen-bond donors (Lipinski definition) is 1. The molecule has 0 bridgehead atoms. The summed E-state index contributed by atoms with van der Waals surface area (Å²) >= 11 is 0. The van der Waals surface area contributed by atoms with Crippen LogP contribution in [0, 0.1) is 6.92 Å². The van der Waals surface area contributed by atoms with E-state index in [9.17, 15) is 14.4 Å². The molecule has 1 aromatic carbocycles. The number of ether oxygens (including phenoxy) is 1. The van der Waals surface area contributed by atoms with Crippen LogP contribution >= 0.6 is 0 Å². The molecule has 0 saturated carbocycles. The van der Waals surface area contributed by atoms with E-state index in [1.165, 1.54) is 0 Å². The number of hydrogen-bond acceptors (Lipinski definition) is 4. The highest BCUT2D eigenvalue weighted by atomic mass is 16.6. The maximum Gasteiger partial charge on any atom is 0.410 e. The molecule has 0 aliphatic carbocycles. The molecule has 0 atom stereocenters. The molecule has 1 heterocycles. The Bertz CT molecular complexity index is 689. The van der Waals surface area contributed by atoms with Gasteiger partial charge in [0, 0.05) is 44.7 Å². The maximum atomic E-state index is 12.3. The average Bonchev–Trinajstić information content (AvgIpc) is 2.60. The van der Waals surface area contributed by atoms with Crippen LogP contribution in [0.3, 0.4) is 0 Å². The van der Waals surface area contributed by atoms with Crippen LogP contribution < -0.4 is 5.32 Å². The summed E-state index contributed by atoms with van der Waals surface area (Å²) in [6, 6.07) is 7.53. The smallest absolute Gasteiger partial charge is 0.410 e. The van der Waals surface area contributed by atoms with E-state index >= 15 is 0 Å². The molecule has 1 fully saturated rings. The average molecular weight is 375 g/mol. The quantitative estimate of drug-likeness (QED) is 0.878. The molecule has 0 unspecified atom stereocenters. The molecular weight excluding hydrogens is 346 g/mol. The van der Waals surface area contributed by atoms with Crippen molar-refractivity contribution in [2.24, 2.45) is 0 Å². The van der Waals surface area contributed by atoms with Gasteiger partial charge in [0.1, 0.15) is 5.60 Å². The van der Waals surface area contributed by atoms with Crippen LogP contribution in [0.4, 0.5) is 10.5 Å². The molecule has 0 radical (unpaired) electrons. The first-order chi connectivity index (χ1) is 12.7. The lowest BCUT2D eigenvalue weighted by molar-refractivity contribution is -0.134. The fourth-order valence-corrected chi connectivity index (χ4v) is 2.77. The zero-order chi connectivity index (χ0) is 20.0. The van der Waals surface area contributed by atoms with Crippen molar-refractivity contribution in [1.82, 2.24) is 9.80 Å². The zero-order valence-electron chi connectivity index (χ0n) is 16.6. The van der Waals surface area contributed by atoms with E-state index in [1.54, 1.807) is 9.80 Å². The molecule has 3 amide bonds. The fraction of sp³-hybridized carbons (Fsp3) is 0.550. The minimum Gasteiger partial charge on any atom is -0.444 e. The van der Waals surface area contributed by atoms with Crippen LogP contribution in [0.2, 0.25) is 0 Å². The third-order valence-corrected chi connectivity index (χ3v) is 4.27. The summed E-state index contributed by atoms with van der Waals surface area (Å²) in [5.41, 5.74) is 1.21. The van der Waals surface area contributed by atoms with Gasteiger partial charge in [-0.1, -0.05) is 18.2 Å². The molecule has 7 nitrogen and oxygen atoms in total. The van der Waals surface area contributed by atoms with Crippen molar-refractivity contribution < 1.29 is 19.1 Å². The fourth-order valence-electron chi connectivity index (χ4n) is 2.77. The molecule has 2 rings (SSSR count). The number of para-hydroxylation sites is 1. The summed E-state index contributed by atoms with van der Waals surface area (Å²) in [6.45, 7) is 9.19. The number of carbonyl (C=O) groups is 3. The molecule has 1 saturated heterocycles. The van der Waals surface area contributed by atoms with Gasteiger partial charge in [-0.05, 0) is 39.3 Å². The highest BCUT2D eigenvalue weighted by Gasteiger charge is 2.27. The molecule has 1 aromatic rings. The van der Waals surface area contributed by atoms with Gasteiger partial charge in [0.15, 0.2) is 0 Å². The topological polar surface area (TPSA) is 79.0 Å². The van der Waals surface area contributed by atoms with Gasteiger partial charge in [-0.15, -0.1) is 0 Å². The second-order valence-corrected chi connectivity index (χ2v) is 7.71. The standard InChI is InChI=1S/C20H29N3O4/c1-15-7-5-6-8-16(15)21-17(24)9-10-18(25)22-11-13-23(14-12-22)19(26)27-20(2,3)4/h5-8H,9-14H2,1-4H3,(H,21,24). The van der Waals surface area contributed by atoms with Gasteiger partial charge in [0.05, 0.1) is 0 Å². The summed E-state index contributed by atoms with van der Waals surface area (Å²) in [4.78, 5) is 39.8. The Balaban J connectivity index is 1.74. The van der Waals surface area contributed by atoms with Crippen LogP contribution in [0.25, 0.3) is 0 Å². The van der Waals surface area contributed by atoms with Crippen LogP contribution in [0.15, 0.2) is 24.3 Å². The van der Waals surface area contributed by atoms with E-state index in [0.29, 0.717) is 26.2 Å². The minimum absolute atomic E-state index is 0.0706. The van der Waals surface area contributed by atoms with E-state index < -0.39 is 5.60 Å². The number of rotatable bonds is 4. The van der Waals surface area contributed by atoms with Crippen molar-refractivity contribution in [2.45, 2.75) is 46.1 Å². The van der Waals surface area contributed by atoms with Crippen LogP contribution in [0.1, 0.15) is 39.2 Å². The first-order valence-corrected chi connectivity index (χ1v) is 9.27. The van der Waals surface area contributed by atoms with Gasteiger partial charge in [-0.3, -0.25) is 9.59 Å². The monoisotopic (exact) mass is 375 g/mol. The second-order valence-electron chi connectivity index (χ2n) is 7.71. The van der Waals surface area contributed by atoms with E-state index in [1.807, 2.05) is 52.0 Å². The normalized spacial score (nSPS) is 14.7. The largest absolute Gasteiger partial charge is 0.444 e. The van der Waals surface area contributed by atoms with Crippen LogP contribution in [0.5, 0.6) is 0 Å². The third kappa shape index (κ3) is 6.58. The lowest BCUT2D eigenvalue weighted by Gasteiger charge is -2.35. The van der Waals surface area contributed by atoms with Crippen LogP contribution in [-0.2, 0) is 14.3 Å². The van der Waals surface area contributed by atoms with Gasteiger partial charge >= 0.3 is 6.09 Å². The number of amides is 3. The number of benzene rings is 1. The van der Waals surface area contributed by atoms with Crippen molar-refractivity contribution >= 4 is 23.6 Å². The summed E-state index contributed by atoms with van der Waals surface area (Å²) in [6.07, 6.45) is -0.0592. The molecule has 148 valence electrons. The number of aryl methyl sites for hydroxylation is 1. The van der Waals surface area contributed by atoms with Gasteiger partial charge in [-0.2, -0.15) is 0 Å².